The highest BCUT2D eigenvalue weighted by molar-refractivity contribution is 14.1. The van der Waals surface area contributed by atoms with Crippen molar-refractivity contribution in [2.45, 2.75) is 18.2 Å². The van der Waals surface area contributed by atoms with E-state index in [9.17, 15) is 4.79 Å². The number of carbonyl (C=O) groups is 1. The fraction of sp³-hybridized carbons (Fsp3) is 0.176. The Morgan fingerprint density at radius 1 is 1.18 bits per heavy atom. The molecule has 0 fully saturated rings. The molecule has 0 saturated heterocycles. The molecule has 5 heteroatoms. The van der Waals surface area contributed by atoms with Crippen LogP contribution in [-0.2, 0) is 4.79 Å². The van der Waals surface area contributed by atoms with Crippen LogP contribution in [0.2, 0.25) is 0 Å². The Bertz CT molecular complexity index is 659. The molecule has 0 radical (unpaired) electrons. The lowest BCUT2D eigenvalue weighted by Crippen LogP contribution is -2.19. The van der Waals surface area contributed by atoms with Gasteiger partial charge >= 0.3 is 0 Å². The van der Waals surface area contributed by atoms with E-state index < -0.39 is 0 Å². The average Bonchev–Trinajstić information content (AvgIpc) is 2.53. The Balaban J connectivity index is 1.78. The van der Waals surface area contributed by atoms with E-state index in [-0.39, 0.29) is 5.91 Å². The van der Waals surface area contributed by atoms with Crippen molar-refractivity contribution in [3.63, 3.8) is 0 Å². The molecule has 3 nitrogen and oxygen atoms in total. The van der Waals surface area contributed by atoms with E-state index in [0.717, 1.165) is 20.6 Å². The smallest absolute Gasteiger partial charge is 0.240 e. The van der Waals surface area contributed by atoms with E-state index in [1.165, 1.54) is 4.90 Å². The van der Waals surface area contributed by atoms with Gasteiger partial charge in [0.1, 0.15) is 0 Å². The van der Waals surface area contributed by atoms with Crippen molar-refractivity contribution in [2.75, 3.05) is 5.75 Å². The fourth-order valence-corrected chi connectivity index (χ4v) is 3.17. The first-order valence-electron chi connectivity index (χ1n) is 6.92. The molecule has 0 spiro atoms. The summed E-state index contributed by atoms with van der Waals surface area (Å²) in [5.41, 5.74) is 4.45. The fourth-order valence-electron chi connectivity index (χ4n) is 1.76. The molecule has 0 aromatic heterocycles. The molecule has 2 rings (SSSR count). The molecule has 0 aliphatic heterocycles. The topological polar surface area (TPSA) is 41.5 Å². The van der Waals surface area contributed by atoms with Crippen molar-refractivity contribution in [1.82, 2.24) is 5.43 Å². The summed E-state index contributed by atoms with van der Waals surface area (Å²) in [5.74, 6) is 0.682. The number of hydrogen-bond acceptors (Lipinski definition) is 3. The van der Waals surface area contributed by atoms with Gasteiger partial charge in [-0.1, -0.05) is 30.3 Å². The number of rotatable bonds is 6. The van der Waals surface area contributed by atoms with E-state index in [2.05, 4.69) is 33.1 Å². The van der Waals surface area contributed by atoms with Crippen LogP contribution < -0.4 is 5.43 Å². The number of carbonyl (C=O) groups excluding carboxylic acids is 1. The number of hydrogen-bond donors (Lipinski definition) is 1. The summed E-state index contributed by atoms with van der Waals surface area (Å²) < 4.78 is 1.15. The van der Waals surface area contributed by atoms with Crippen molar-refractivity contribution >= 4 is 46.0 Å². The quantitative estimate of drug-likeness (QED) is 0.325. The van der Waals surface area contributed by atoms with E-state index in [1.54, 1.807) is 11.8 Å². The van der Waals surface area contributed by atoms with Crippen molar-refractivity contribution in [3.05, 3.63) is 63.7 Å². The highest BCUT2D eigenvalue weighted by atomic mass is 127. The van der Waals surface area contributed by atoms with Crippen LogP contribution in [-0.4, -0.2) is 17.4 Å². The Kier molecular flexibility index (Phi) is 6.92. The number of halogens is 1. The third-order valence-corrected chi connectivity index (χ3v) is 4.62. The standard InChI is InChI=1S/C17H17IN2OS/c1-13(14-6-5-7-15(18)12-14)19-20-17(21)10-11-22-16-8-3-2-4-9-16/h2-9,12H,10-11H2,1H3,(H,20,21)/b19-13-. The summed E-state index contributed by atoms with van der Waals surface area (Å²) in [6.45, 7) is 1.89. The highest BCUT2D eigenvalue weighted by Gasteiger charge is 2.02. The molecule has 0 saturated carbocycles. The summed E-state index contributed by atoms with van der Waals surface area (Å²) in [6.07, 6.45) is 0.447. The van der Waals surface area contributed by atoms with E-state index >= 15 is 0 Å². The third kappa shape index (κ3) is 5.81. The molecular formula is C17H17IN2OS. The molecule has 0 atom stereocenters. The highest BCUT2D eigenvalue weighted by Crippen LogP contribution is 2.17. The number of nitrogens with one attached hydrogen (secondary N) is 1. The van der Waals surface area contributed by atoms with Crippen LogP contribution in [0.5, 0.6) is 0 Å². The molecule has 2 aromatic carbocycles. The first-order chi connectivity index (χ1) is 10.6. The molecule has 0 heterocycles. The summed E-state index contributed by atoms with van der Waals surface area (Å²) in [5, 5.41) is 4.17. The Morgan fingerprint density at radius 3 is 2.68 bits per heavy atom. The molecule has 114 valence electrons. The predicted molar refractivity (Wildman–Crippen MR) is 101 cm³/mol. The summed E-state index contributed by atoms with van der Waals surface area (Å²) in [4.78, 5) is 13.0. The average molecular weight is 424 g/mol. The molecule has 1 N–H and O–H groups in total. The third-order valence-electron chi connectivity index (χ3n) is 2.93. The van der Waals surface area contributed by atoms with Crippen molar-refractivity contribution in [2.24, 2.45) is 5.10 Å². The summed E-state index contributed by atoms with van der Waals surface area (Å²) in [6, 6.07) is 18.1. The summed E-state index contributed by atoms with van der Waals surface area (Å²) >= 11 is 3.93. The molecule has 2 aromatic rings. The Hall–Kier alpha value is -1.34. The van der Waals surface area contributed by atoms with Gasteiger partial charge in [0.2, 0.25) is 5.91 Å². The zero-order valence-corrected chi connectivity index (χ0v) is 15.2. The van der Waals surface area contributed by atoms with Gasteiger partial charge in [-0.05, 0) is 59.3 Å². The first-order valence-corrected chi connectivity index (χ1v) is 8.98. The normalized spacial score (nSPS) is 11.3. The van der Waals surface area contributed by atoms with Gasteiger partial charge in [-0.3, -0.25) is 4.79 Å². The minimum Gasteiger partial charge on any atom is -0.273 e. The van der Waals surface area contributed by atoms with Crippen LogP contribution in [0.4, 0.5) is 0 Å². The molecule has 22 heavy (non-hydrogen) atoms. The molecule has 0 aliphatic rings. The number of benzene rings is 2. The largest absolute Gasteiger partial charge is 0.273 e. The van der Waals surface area contributed by atoms with Crippen molar-refractivity contribution in [1.29, 1.82) is 0 Å². The SMILES string of the molecule is C/C(=N/NC(=O)CCSc1ccccc1)c1cccc(I)c1. The van der Waals surface area contributed by atoms with Crippen LogP contribution in [0.25, 0.3) is 0 Å². The zero-order chi connectivity index (χ0) is 15.8. The van der Waals surface area contributed by atoms with Crippen LogP contribution in [0.1, 0.15) is 18.9 Å². The minimum atomic E-state index is -0.0617. The molecule has 0 aliphatic carbocycles. The monoisotopic (exact) mass is 424 g/mol. The Labute approximate surface area is 148 Å². The van der Waals surface area contributed by atoms with Gasteiger partial charge < -0.3 is 0 Å². The molecule has 0 unspecified atom stereocenters. The lowest BCUT2D eigenvalue weighted by molar-refractivity contribution is -0.120. The lowest BCUT2D eigenvalue weighted by atomic mass is 10.1. The van der Waals surface area contributed by atoms with Gasteiger partial charge in [-0.2, -0.15) is 5.10 Å². The minimum absolute atomic E-state index is 0.0617. The van der Waals surface area contributed by atoms with E-state index in [1.807, 2.05) is 61.5 Å². The number of thioether (sulfide) groups is 1. The van der Waals surface area contributed by atoms with Crippen LogP contribution >= 0.6 is 34.4 Å². The lowest BCUT2D eigenvalue weighted by Gasteiger charge is -2.04. The van der Waals surface area contributed by atoms with E-state index in [4.69, 9.17) is 0 Å². The van der Waals surface area contributed by atoms with Crippen molar-refractivity contribution in [3.8, 4) is 0 Å². The van der Waals surface area contributed by atoms with Gasteiger partial charge in [0.05, 0.1) is 5.71 Å². The maximum Gasteiger partial charge on any atom is 0.240 e. The van der Waals surface area contributed by atoms with Crippen LogP contribution in [0.15, 0.2) is 64.6 Å². The Morgan fingerprint density at radius 2 is 1.95 bits per heavy atom. The maximum absolute atomic E-state index is 11.8. The van der Waals surface area contributed by atoms with Crippen LogP contribution in [0, 0.1) is 3.57 Å². The second kappa shape index (κ2) is 8.95. The van der Waals surface area contributed by atoms with Gasteiger partial charge in [0, 0.05) is 20.6 Å². The maximum atomic E-state index is 11.8. The molecular weight excluding hydrogens is 407 g/mol. The van der Waals surface area contributed by atoms with Gasteiger partial charge in [0.15, 0.2) is 0 Å². The second-order valence-electron chi connectivity index (χ2n) is 4.65. The van der Waals surface area contributed by atoms with Crippen LogP contribution in [0.3, 0.4) is 0 Å². The number of hydrazone groups is 1. The van der Waals surface area contributed by atoms with Crippen molar-refractivity contribution < 1.29 is 4.79 Å². The zero-order valence-electron chi connectivity index (χ0n) is 12.3. The number of amides is 1. The molecule has 1 amide bonds. The number of nitrogens with zero attached hydrogens (tertiary/aromatic N) is 1. The van der Waals surface area contributed by atoms with Gasteiger partial charge in [0.25, 0.3) is 0 Å². The van der Waals surface area contributed by atoms with Gasteiger partial charge in [-0.25, -0.2) is 5.43 Å². The summed E-state index contributed by atoms with van der Waals surface area (Å²) in [7, 11) is 0. The first kappa shape index (κ1) is 17.0. The second-order valence-corrected chi connectivity index (χ2v) is 7.07. The predicted octanol–water partition coefficient (Wildman–Crippen LogP) is 4.31. The van der Waals surface area contributed by atoms with Gasteiger partial charge in [-0.15, -0.1) is 11.8 Å². The molecule has 0 bridgehead atoms. The van der Waals surface area contributed by atoms with E-state index in [0.29, 0.717) is 6.42 Å².